The van der Waals surface area contributed by atoms with Gasteiger partial charge in [0.15, 0.2) is 0 Å². The van der Waals surface area contributed by atoms with Gasteiger partial charge in [0.25, 0.3) is 0 Å². The van der Waals surface area contributed by atoms with E-state index in [0.717, 1.165) is 22.3 Å². The Bertz CT molecular complexity index is 801. The molecule has 0 aliphatic heterocycles. The molecule has 1 aromatic heterocycles. The number of hydrogen-bond acceptors (Lipinski definition) is 2. The van der Waals surface area contributed by atoms with Gasteiger partial charge < -0.3 is 9.72 Å². The van der Waals surface area contributed by atoms with Crippen LogP contribution in [0.1, 0.15) is 25.5 Å². The molecule has 0 saturated heterocycles. The first-order valence-electron chi connectivity index (χ1n) is 7.07. The van der Waals surface area contributed by atoms with Crippen LogP contribution < -0.4 is 10.4 Å². The van der Waals surface area contributed by atoms with E-state index in [2.05, 4.69) is 4.98 Å². The van der Waals surface area contributed by atoms with Crippen LogP contribution in [-0.2, 0) is 6.61 Å². The number of aromatic amines is 1. The summed E-state index contributed by atoms with van der Waals surface area (Å²) in [6.07, 6.45) is 0. The second-order valence-electron chi connectivity index (χ2n) is 5.32. The van der Waals surface area contributed by atoms with Crippen LogP contribution in [0.5, 0.6) is 5.75 Å². The van der Waals surface area contributed by atoms with E-state index in [4.69, 9.17) is 4.74 Å². The number of nitrogens with one attached hydrogen (secondary N) is 1. The van der Waals surface area contributed by atoms with E-state index >= 15 is 0 Å². The molecular weight excluding hydrogens is 264 g/mol. The Hall–Kier alpha value is -2.49. The molecule has 0 unspecified atom stereocenters. The Morgan fingerprint density at radius 1 is 1.10 bits per heavy atom. The van der Waals surface area contributed by atoms with Crippen LogP contribution in [-0.4, -0.2) is 9.55 Å². The normalized spacial score (nSPS) is 11.2. The molecule has 0 aliphatic carbocycles. The van der Waals surface area contributed by atoms with Crippen molar-refractivity contribution >= 4 is 11.0 Å². The number of hydrogen-bond donors (Lipinski definition) is 1. The molecule has 0 spiro atoms. The summed E-state index contributed by atoms with van der Waals surface area (Å²) in [5.74, 6) is 0.725. The Labute approximate surface area is 123 Å². The zero-order valence-electron chi connectivity index (χ0n) is 12.2. The van der Waals surface area contributed by atoms with Crippen molar-refractivity contribution in [2.75, 3.05) is 0 Å². The lowest BCUT2D eigenvalue weighted by Gasteiger charge is -2.12. The van der Waals surface area contributed by atoms with Crippen LogP contribution >= 0.6 is 0 Å². The number of fused-ring (bicyclic) bond motifs is 1. The Morgan fingerprint density at radius 3 is 2.57 bits per heavy atom. The van der Waals surface area contributed by atoms with Gasteiger partial charge in [0.2, 0.25) is 0 Å². The van der Waals surface area contributed by atoms with Gasteiger partial charge in [0.05, 0.1) is 5.52 Å². The van der Waals surface area contributed by atoms with E-state index in [-0.39, 0.29) is 11.7 Å². The summed E-state index contributed by atoms with van der Waals surface area (Å²) in [7, 11) is 0. The lowest BCUT2D eigenvalue weighted by atomic mass is 10.2. The quantitative estimate of drug-likeness (QED) is 0.796. The van der Waals surface area contributed by atoms with E-state index in [0.29, 0.717) is 6.61 Å². The fourth-order valence-electron chi connectivity index (χ4n) is 2.49. The summed E-state index contributed by atoms with van der Waals surface area (Å²) in [5.41, 5.74) is 2.63. The van der Waals surface area contributed by atoms with Crippen molar-refractivity contribution in [1.82, 2.24) is 9.55 Å². The summed E-state index contributed by atoms with van der Waals surface area (Å²) in [5, 5.41) is 0. The Morgan fingerprint density at radius 2 is 1.86 bits per heavy atom. The SMILES string of the molecule is CC(C)n1c(=O)[nH]c2cccc(OCc3ccccc3)c21. The minimum Gasteiger partial charge on any atom is -0.487 e. The molecule has 1 heterocycles. The van der Waals surface area contributed by atoms with Gasteiger partial charge in [0.1, 0.15) is 17.9 Å². The van der Waals surface area contributed by atoms with Crippen molar-refractivity contribution in [3.63, 3.8) is 0 Å². The van der Waals surface area contributed by atoms with Crippen molar-refractivity contribution in [2.24, 2.45) is 0 Å². The number of H-pyrrole nitrogens is 1. The average Bonchev–Trinajstić information content (AvgIpc) is 2.82. The van der Waals surface area contributed by atoms with Crippen molar-refractivity contribution in [3.8, 4) is 5.75 Å². The highest BCUT2D eigenvalue weighted by Crippen LogP contribution is 2.26. The molecule has 0 aliphatic rings. The van der Waals surface area contributed by atoms with E-state index in [1.54, 1.807) is 4.57 Å². The Kier molecular flexibility index (Phi) is 3.52. The Balaban J connectivity index is 2.00. The fraction of sp³-hybridized carbons (Fsp3) is 0.235. The molecule has 0 saturated carbocycles. The smallest absolute Gasteiger partial charge is 0.326 e. The minimum atomic E-state index is -0.101. The molecule has 0 atom stereocenters. The molecule has 0 bridgehead atoms. The van der Waals surface area contributed by atoms with Crippen LogP contribution in [0.3, 0.4) is 0 Å². The van der Waals surface area contributed by atoms with Crippen molar-refractivity contribution in [1.29, 1.82) is 0 Å². The molecule has 2 aromatic carbocycles. The maximum atomic E-state index is 12.1. The number of nitrogens with zero attached hydrogens (tertiary/aromatic N) is 1. The van der Waals surface area contributed by atoms with E-state index in [9.17, 15) is 4.79 Å². The molecule has 0 fully saturated rings. The third kappa shape index (κ3) is 2.57. The number of para-hydroxylation sites is 1. The summed E-state index contributed by atoms with van der Waals surface area (Å²) < 4.78 is 7.66. The van der Waals surface area contributed by atoms with Crippen LogP contribution in [0.4, 0.5) is 0 Å². The van der Waals surface area contributed by atoms with Crippen LogP contribution in [0, 0.1) is 0 Å². The molecular formula is C17H18N2O2. The molecule has 0 radical (unpaired) electrons. The molecule has 4 heteroatoms. The molecule has 21 heavy (non-hydrogen) atoms. The van der Waals surface area contributed by atoms with Gasteiger partial charge in [0, 0.05) is 6.04 Å². The molecule has 0 amide bonds. The maximum Gasteiger partial charge on any atom is 0.326 e. The summed E-state index contributed by atoms with van der Waals surface area (Å²) >= 11 is 0. The minimum absolute atomic E-state index is 0.0766. The zero-order valence-corrected chi connectivity index (χ0v) is 12.2. The van der Waals surface area contributed by atoms with Gasteiger partial charge in [-0.3, -0.25) is 4.57 Å². The highest BCUT2D eigenvalue weighted by Gasteiger charge is 2.14. The predicted molar refractivity (Wildman–Crippen MR) is 83.7 cm³/mol. The van der Waals surface area contributed by atoms with Gasteiger partial charge >= 0.3 is 5.69 Å². The average molecular weight is 282 g/mol. The van der Waals surface area contributed by atoms with Gasteiger partial charge in [-0.25, -0.2) is 4.79 Å². The summed E-state index contributed by atoms with van der Waals surface area (Å²) in [4.78, 5) is 14.9. The first-order chi connectivity index (χ1) is 10.2. The summed E-state index contributed by atoms with van der Waals surface area (Å²) in [6, 6.07) is 15.8. The predicted octanol–water partition coefficient (Wildman–Crippen LogP) is 3.49. The van der Waals surface area contributed by atoms with Crippen molar-refractivity contribution in [2.45, 2.75) is 26.5 Å². The van der Waals surface area contributed by atoms with Gasteiger partial charge in [-0.1, -0.05) is 36.4 Å². The zero-order chi connectivity index (χ0) is 14.8. The number of rotatable bonds is 4. The maximum absolute atomic E-state index is 12.1. The van der Waals surface area contributed by atoms with E-state index in [1.807, 2.05) is 62.4 Å². The van der Waals surface area contributed by atoms with Gasteiger partial charge in [-0.2, -0.15) is 0 Å². The van der Waals surface area contributed by atoms with Crippen molar-refractivity contribution < 1.29 is 4.74 Å². The molecule has 1 N–H and O–H groups in total. The second-order valence-corrected chi connectivity index (χ2v) is 5.32. The topological polar surface area (TPSA) is 47.0 Å². The molecule has 3 rings (SSSR count). The third-order valence-corrected chi connectivity index (χ3v) is 3.45. The highest BCUT2D eigenvalue weighted by molar-refractivity contribution is 5.82. The van der Waals surface area contributed by atoms with Crippen LogP contribution in [0.25, 0.3) is 11.0 Å². The monoisotopic (exact) mass is 282 g/mol. The highest BCUT2D eigenvalue weighted by atomic mass is 16.5. The van der Waals surface area contributed by atoms with Crippen LogP contribution in [0.2, 0.25) is 0 Å². The van der Waals surface area contributed by atoms with E-state index < -0.39 is 0 Å². The second kappa shape index (κ2) is 5.48. The molecule has 4 nitrogen and oxygen atoms in total. The van der Waals surface area contributed by atoms with Crippen LogP contribution in [0.15, 0.2) is 53.3 Å². The van der Waals surface area contributed by atoms with Gasteiger partial charge in [-0.05, 0) is 31.5 Å². The number of aromatic nitrogens is 2. The summed E-state index contributed by atoms with van der Waals surface area (Å²) in [6.45, 7) is 4.46. The first kappa shape index (κ1) is 13.5. The third-order valence-electron chi connectivity index (χ3n) is 3.45. The van der Waals surface area contributed by atoms with Gasteiger partial charge in [-0.15, -0.1) is 0 Å². The fourth-order valence-corrected chi connectivity index (χ4v) is 2.49. The molecule has 108 valence electrons. The number of ether oxygens (including phenoxy) is 1. The lowest BCUT2D eigenvalue weighted by molar-refractivity contribution is 0.308. The standard InChI is InChI=1S/C17H18N2O2/c1-12(2)19-16-14(18-17(19)20)9-6-10-15(16)21-11-13-7-4-3-5-8-13/h3-10,12H,11H2,1-2H3,(H,18,20). The lowest BCUT2D eigenvalue weighted by Crippen LogP contribution is -2.18. The molecule has 3 aromatic rings. The van der Waals surface area contributed by atoms with E-state index in [1.165, 1.54) is 0 Å². The number of imidazole rings is 1. The number of benzene rings is 2. The van der Waals surface area contributed by atoms with Crippen molar-refractivity contribution in [3.05, 3.63) is 64.6 Å². The first-order valence-corrected chi connectivity index (χ1v) is 7.07. The largest absolute Gasteiger partial charge is 0.487 e.